The maximum Gasteiger partial charge on any atom is 0.330 e. The molecule has 98 valence electrons. The van der Waals surface area contributed by atoms with Crippen LogP contribution in [0.3, 0.4) is 0 Å². The van der Waals surface area contributed by atoms with Crippen molar-refractivity contribution >= 4 is 5.97 Å². The lowest BCUT2D eigenvalue weighted by molar-refractivity contribution is -0.256. The number of rotatable bonds is 5. The Kier molecular flexibility index (Phi) is 5.11. The number of hydrogen-bond donors (Lipinski definition) is 0. The summed E-state index contributed by atoms with van der Waals surface area (Å²) in [5, 5.41) is 0. The summed E-state index contributed by atoms with van der Waals surface area (Å²) in [6.45, 7) is 3.37. The Labute approximate surface area is 102 Å². The largest absolute Gasteiger partial charge is 0.459 e. The molecule has 0 aromatic rings. The molecule has 0 aromatic carbocycles. The first kappa shape index (κ1) is 14.2. The first-order chi connectivity index (χ1) is 8.09. The molecular formula is C12H20O5. The normalized spacial score (nSPS) is 27.5. The molecule has 0 saturated heterocycles. The number of carbonyl (C=O) groups excluding carboxylic acids is 1. The van der Waals surface area contributed by atoms with Gasteiger partial charge in [-0.15, -0.1) is 0 Å². The minimum atomic E-state index is -0.745. The monoisotopic (exact) mass is 244 g/mol. The summed E-state index contributed by atoms with van der Waals surface area (Å²) in [6, 6.07) is 0. The third-order valence-corrected chi connectivity index (χ3v) is 3.13. The van der Waals surface area contributed by atoms with Crippen LogP contribution in [-0.2, 0) is 23.7 Å². The molecule has 0 amide bonds. The summed E-state index contributed by atoms with van der Waals surface area (Å²) >= 11 is 0. The molecule has 1 aliphatic carbocycles. The second kappa shape index (κ2) is 6.14. The van der Waals surface area contributed by atoms with Crippen LogP contribution < -0.4 is 0 Å². The van der Waals surface area contributed by atoms with E-state index in [2.05, 4.69) is 6.58 Å². The van der Waals surface area contributed by atoms with E-state index in [1.807, 2.05) is 0 Å². The molecule has 0 aliphatic heterocycles. The van der Waals surface area contributed by atoms with E-state index in [0.29, 0.717) is 19.3 Å². The first-order valence-corrected chi connectivity index (χ1v) is 5.55. The van der Waals surface area contributed by atoms with E-state index in [1.54, 1.807) is 21.3 Å². The fourth-order valence-electron chi connectivity index (χ4n) is 2.14. The molecule has 17 heavy (non-hydrogen) atoms. The Morgan fingerprint density at radius 1 is 1.24 bits per heavy atom. The third-order valence-electron chi connectivity index (χ3n) is 3.13. The molecular weight excluding hydrogens is 224 g/mol. The van der Waals surface area contributed by atoms with Gasteiger partial charge >= 0.3 is 5.97 Å². The number of methoxy groups -OCH3 is 3. The van der Waals surface area contributed by atoms with E-state index >= 15 is 0 Å². The summed E-state index contributed by atoms with van der Waals surface area (Å²) in [7, 11) is 4.78. The maximum absolute atomic E-state index is 11.2. The molecule has 0 N–H and O–H groups in total. The van der Waals surface area contributed by atoms with E-state index in [9.17, 15) is 4.79 Å². The summed E-state index contributed by atoms with van der Waals surface area (Å²) < 4.78 is 21.3. The Balaban J connectivity index is 2.72. The second-order valence-corrected chi connectivity index (χ2v) is 4.08. The summed E-state index contributed by atoms with van der Waals surface area (Å²) in [4.78, 5) is 11.2. The molecule has 1 saturated carbocycles. The predicted molar refractivity (Wildman–Crippen MR) is 61.5 cm³/mol. The smallest absolute Gasteiger partial charge is 0.330 e. The quantitative estimate of drug-likeness (QED) is 0.414. The van der Waals surface area contributed by atoms with Crippen molar-refractivity contribution in [3.8, 4) is 0 Å². The number of carbonyl (C=O) groups is 1. The van der Waals surface area contributed by atoms with Crippen LogP contribution in [0.2, 0.25) is 0 Å². The fourth-order valence-corrected chi connectivity index (χ4v) is 2.14. The zero-order chi connectivity index (χ0) is 12.9. The van der Waals surface area contributed by atoms with Gasteiger partial charge in [0.15, 0.2) is 5.79 Å². The zero-order valence-electron chi connectivity index (χ0n) is 10.6. The zero-order valence-corrected chi connectivity index (χ0v) is 10.6. The van der Waals surface area contributed by atoms with Gasteiger partial charge in [0.05, 0.1) is 6.10 Å². The van der Waals surface area contributed by atoms with E-state index in [-0.39, 0.29) is 12.2 Å². The van der Waals surface area contributed by atoms with Gasteiger partial charge in [0, 0.05) is 46.7 Å². The molecule has 0 bridgehead atoms. The van der Waals surface area contributed by atoms with E-state index in [4.69, 9.17) is 18.9 Å². The van der Waals surface area contributed by atoms with Gasteiger partial charge in [0.2, 0.25) is 0 Å². The van der Waals surface area contributed by atoms with Crippen LogP contribution in [-0.4, -0.2) is 45.3 Å². The van der Waals surface area contributed by atoms with Gasteiger partial charge < -0.3 is 18.9 Å². The SMILES string of the molecule is C=CC(=O)OC1CC(OC)CC(OC)(OC)C1. The van der Waals surface area contributed by atoms with Gasteiger partial charge in [-0.1, -0.05) is 6.58 Å². The highest BCUT2D eigenvalue weighted by Crippen LogP contribution is 2.34. The summed E-state index contributed by atoms with van der Waals surface area (Å²) in [5.74, 6) is -1.18. The molecule has 0 spiro atoms. The van der Waals surface area contributed by atoms with Gasteiger partial charge in [0.1, 0.15) is 6.10 Å². The van der Waals surface area contributed by atoms with Gasteiger partial charge in [0.25, 0.3) is 0 Å². The lowest BCUT2D eigenvalue weighted by Crippen LogP contribution is -2.48. The average Bonchev–Trinajstić information content (AvgIpc) is 2.37. The van der Waals surface area contributed by atoms with Crippen LogP contribution in [0.4, 0.5) is 0 Å². The minimum absolute atomic E-state index is 0.0498. The van der Waals surface area contributed by atoms with Crippen molar-refractivity contribution in [1.82, 2.24) is 0 Å². The highest BCUT2D eigenvalue weighted by molar-refractivity contribution is 5.81. The van der Waals surface area contributed by atoms with Crippen molar-refractivity contribution in [2.45, 2.75) is 37.3 Å². The molecule has 2 atom stereocenters. The van der Waals surface area contributed by atoms with Crippen molar-refractivity contribution in [3.05, 3.63) is 12.7 Å². The van der Waals surface area contributed by atoms with Gasteiger partial charge in [-0.3, -0.25) is 0 Å². The maximum atomic E-state index is 11.2. The van der Waals surface area contributed by atoms with Crippen LogP contribution in [0.1, 0.15) is 19.3 Å². The van der Waals surface area contributed by atoms with Gasteiger partial charge in [-0.2, -0.15) is 0 Å². The van der Waals surface area contributed by atoms with E-state index in [0.717, 1.165) is 6.08 Å². The third kappa shape index (κ3) is 3.52. The Morgan fingerprint density at radius 2 is 1.82 bits per heavy atom. The molecule has 1 rings (SSSR count). The second-order valence-electron chi connectivity index (χ2n) is 4.08. The van der Waals surface area contributed by atoms with Crippen LogP contribution in [0.5, 0.6) is 0 Å². The minimum Gasteiger partial charge on any atom is -0.459 e. The number of esters is 1. The van der Waals surface area contributed by atoms with Crippen LogP contribution in [0, 0.1) is 0 Å². The summed E-state index contributed by atoms with van der Waals surface area (Å²) in [6.07, 6.45) is 2.59. The van der Waals surface area contributed by atoms with Crippen LogP contribution in [0.25, 0.3) is 0 Å². The molecule has 1 aliphatic rings. The van der Waals surface area contributed by atoms with Crippen molar-refractivity contribution in [2.75, 3.05) is 21.3 Å². The molecule has 0 aromatic heterocycles. The lowest BCUT2D eigenvalue weighted by atomic mass is 9.89. The topological polar surface area (TPSA) is 54.0 Å². The predicted octanol–water partition coefficient (Wildman–Crippen LogP) is 1.27. The van der Waals surface area contributed by atoms with Gasteiger partial charge in [-0.05, 0) is 0 Å². The van der Waals surface area contributed by atoms with Crippen molar-refractivity contribution in [3.63, 3.8) is 0 Å². The van der Waals surface area contributed by atoms with Crippen molar-refractivity contribution < 1.29 is 23.7 Å². The molecule has 2 unspecified atom stereocenters. The Morgan fingerprint density at radius 3 is 2.29 bits per heavy atom. The van der Waals surface area contributed by atoms with Crippen molar-refractivity contribution in [2.24, 2.45) is 0 Å². The van der Waals surface area contributed by atoms with E-state index in [1.165, 1.54) is 0 Å². The Bertz CT molecular complexity index is 272. The van der Waals surface area contributed by atoms with Gasteiger partial charge in [-0.25, -0.2) is 4.79 Å². The fraction of sp³-hybridized carbons (Fsp3) is 0.750. The highest BCUT2D eigenvalue weighted by atomic mass is 16.7. The highest BCUT2D eigenvalue weighted by Gasteiger charge is 2.42. The number of hydrogen-bond acceptors (Lipinski definition) is 5. The van der Waals surface area contributed by atoms with Crippen LogP contribution >= 0.6 is 0 Å². The van der Waals surface area contributed by atoms with Crippen molar-refractivity contribution in [1.29, 1.82) is 0 Å². The molecule has 5 heteroatoms. The lowest BCUT2D eigenvalue weighted by Gasteiger charge is -2.41. The Hall–Kier alpha value is -0.910. The average molecular weight is 244 g/mol. The molecule has 5 nitrogen and oxygen atoms in total. The summed E-state index contributed by atoms with van der Waals surface area (Å²) in [5.41, 5.74) is 0. The molecule has 0 radical (unpaired) electrons. The number of ether oxygens (including phenoxy) is 4. The van der Waals surface area contributed by atoms with E-state index < -0.39 is 11.8 Å². The first-order valence-electron chi connectivity index (χ1n) is 5.55. The standard InChI is InChI=1S/C12H20O5/c1-5-11(13)17-10-6-9(14-2)7-12(8-10,15-3)16-4/h5,9-10H,1,6-8H2,2-4H3. The molecule has 0 heterocycles. The molecule has 1 fully saturated rings. The van der Waals surface area contributed by atoms with Crippen LogP contribution in [0.15, 0.2) is 12.7 Å².